The summed E-state index contributed by atoms with van der Waals surface area (Å²) in [4.78, 5) is 22.3. The fourth-order valence-electron chi connectivity index (χ4n) is 2.24. The van der Waals surface area contributed by atoms with E-state index in [1.54, 1.807) is 0 Å². The van der Waals surface area contributed by atoms with Gasteiger partial charge in [0, 0.05) is 5.69 Å². The fraction of sp³-hybridized carbons (Fsp3) is 0.125. The Morgan fingerprint density at radius 3 is 2.82 bits per heavy atom. The van der Waals surface area contributed by atoms with E-state index in [2.05, 4.69) is 15.2 Å². The van der Waals surface area contributed by atoms with Crippen molar-refractivity contribution >= 4 is 28.9 Å². The van der Waals surface area contributed by atoms with E-state index in [0.717, 1.165) is 6.20 Å². The summed E-state index contributed by atoms with van der Waals surface area (Å²) in [6, 6.07) is 6.73. The molecule has 0 saturated carbocycles. The standard InChI is InChI=1S/C16H11ClF2N4O5/c17-12-5-9(1-3-13(12)28-16(18)19)21-15(24)14-4-2-11(27-14)8-22-7-10(6-20-22)23(25)26/h1-7,16H,8H2,(H,21,24). The number of nitrogens with one attached hydrogen (secondary N) is 1. The summed E-state index contributed by atoms with van der Waals surface area (Å²) in [5.41, 5.74) is 0.0814. The maximum atomic E-state index is 12.2. The van der Waals surface area contributed by atoms with Crippen molar-refractivity contribution in [3.05, 3.63) is 69.4 Å². The van der Waals surface area contributed by atoms with Crippen LogP contribution in [0, 0.1) is 10.1 Å². The van der Waals surface area contributed by atoms with Crippen molar-refractivity contribution in [2.45, 2.75) is 13.2 Å². The largest absolute Gasteiger partial charge is 0.454 e. The van der Waals surface area contributed by atoms with E-state index < -0.39 is 17.4 Å². The molecule has 146 valence electrons. The number of hydrogen-bond donors (Lipinski definition) is 1. The Hall–Kier alpha value is -3.47. The van der Waals surface area contributed by atoms with Crippen LogP contribution in [0.5, 0.6) is 5.75 Å². The minimum atomic E-state index is -3.02. The molecule has 0 spiro atoms. The molecule has 3 rings (SSSR count). The predicted molar refractivity (Wildman–Crippen MR) is 92.7 cm³/mol. The first-order valence-corrected chi connectivity index (χ1v) is 8.01. The lowest BCUT2D eigenvalue weighted by Crippen LogP contribution is -2.11. The molecule has 0 aliphatic heterocycles. The van der Waals surface area contributed by atoms with Gasteiger partial charge in [-0.05, 0) is 30.3 Å². The maximum absolute atomic E-state index is 12.2. The van der Waals surface area contributed by atoms with Crippen molar-refractivity contribution in [1.29, 1.82) is 0 Å². The molecule has 2 heterocycles. The number of furan rings is 1. The van der Waals surface area contributed by atoms with Crippen molar-refractivity contribution in [3.8, 4) is 5.75 Å². The third-order valence-electron chi connectivity index (χ3n) is 3.44. The van der Waals surface area contributed by atoms with Crippen LogP contribution < -0.4 is 10.1 Å². The van der Waals surface area contributed by atoms with Crippen molar-refractivity contribution in [3.63, 3.8) is 0 Å². The number of ether oxygens (including phenoxy) is 1. The second-order valence-corrected chi connectivity index (χ2v) is 5.80. The van der Waals surface area contributed by atoms with Crippen LogP contribution in [0.15, 0.2) is 47.1 Å². The van der Waals surface area contributed by atoms with E-state index in [0.29, 0.717) is 5.76 Å². The average Bonchev–Trinajstić information content (AvgIpc) is 3.27. The zero-order chi connectivity index (χ0) is 20.3. The molecule has 0 bridgehead atoms. The van der Waals surface area contributed by atoms with Gasteiger partial charge >= 0.3 is 12.3 Å². The summed E-state index contributed by atoms with van der Waals surface area (Å²) >= 11 is 5.83. The van der Waals surface area contributed by atoms with Gasteiger partial charge in [0.05, 0.1) is 16.5 Å². The topological polar surface area (TPSA) is 112 Å². The summed E-state index contributed by atoms with van der Waals surface area (Å²) in [6.07, 6.45) is 2.33. The van der Waals surface area contributed by atoms with Crippen molar-refractivity contribution in [2.75, 3.05) is 5.32 Å². The molecular weight excluding hydrogens is 402 g/mol. The molecule has 0 atom stereocenters. The number of carbonyl (C=O) groups excluding carboxylic acids is 1. The normalized spacial score (nSPS) is 10.9. The molecule has 1 amide bonds. The number of rotatable bonds is 7. The highest BCUT2D eigenvalue weighted by atomic mass is 35.5. The van der Waals surface area contributed by atoms with Gasteiger partial charge in [0.2, 0.25) is 0 Å². The SMILES string of the molecule is O=C(Nc1ccc(OC(F)F)c(Cl)c1)c1ccc(Cn2cc([N+](=O)[O-])cn2)o1. The summed E-state index contributed by atoms with van der Waals surface area (Å²) in [5.74, 6) is -0.498. The smallest absolute Gasteiger partial charge is 0.387 e. The summed E-state index contributed by atoms with van der Waals surface area (Å²) in [6.45, 7) is -2.93. The lowest BCUT2D eigenvalue weighted by molar-refractivity contribution is -0.385. The van der Waals surface area contributed by atoms with Crippen LogP contribution in [0.2, 0.25) is 5.02 Å². The molecule has 2 aromatic heterocycles. The fourth-order valence-corrected chi connectivity index (χ4v) is 2.47. The third kappa shape index (κ3) is 4.62. The van der Waals surface area contributed by atoms with Crippen LogP contribution in [0.1, 0.15) is 16.3 Å². The molecule has 0 radical (unpaired) electrons. The Labute approximate surface area is 160 Å². The van der Waals surface area contributed by atoms with E-state index in [4.69, 9.17) is 16.0 Å². The first-order chi connectivity index (χ1) is 13.3. The number of nitrogens with zero attached hydrogens (tertiary/aromatic N) is 3. The van der Waals surface area contributed by atoms with Crippen LogP contribution >= 0.6 is 11.6 Å². The summed E-state index contributed by atoms with van der Waals surface area (Å²) < 4.78 is 35.4. The average molecular weight is 413 g/mol. The number of hydrogen-bond acceptors (Lipinski definition) is 6. The van der Waals surface area contributed by atoms with Crippen molar-refractivity contribution in [2.24, 2.45) is 0 Å². The van der Waals surface area contributed by atoms with Gasteiger partial charge in [-0.25, -0.2) is 0 Å². The van der Waals surface area contributed by atoms with Crippen LogP contribution in [0.4, 0.5) is 20.2 Å². The van der Waals surface area contributed by atoms with Crippen LogP contribution in [-0.2, 0) is 6.54 Å². The molecule has 0 fully saturated rings. The van der Waals surface area contributed by atoms with Gasteiger partial charge in [-0.2, -0.15) is 13.9 Å². The van der Waals surface area contributed by atoms with Gasteiger partial charge in [0.25, 0.3) is 5.91 Å². The Bertz CT molecular complexity index is 1020. The highest BCUT2D eigenvalue weighted by Crippen LogP contribution is 2.29. The second-order valence-electron chi connectivity index (χ2n) is 5.40. The predicted octanol–water partition coefficient (Wildman–Crippen LogP) is 3.94. The number of alkyl halides is 2. The molecule has 28 heavy (non-hydrogen) atoms. The van der Waals surface area contributed by atoms with Crippen LogP contribution in [0.25, 0.3) is 0 Å². The number of nitro groups is 1. The Kier molecular flexibility index (Phi) is 5.54. The Morgan fingerprint density at radius 2 is 2.18 bits per heavy atom. The zero-order valence-electron chi connectivity index (χ0n) is 13.8. The van der Waals surface area contributed by atoms with Crippen LogP contribution in [-0.4, -0.2) is 27.2 Å². The monoisotopic (exact) mass is 412 g/mol. The molecule has 0 unspecified atom stereocenters. The Balaban J connectivity index is 1.65. The van der Waals surface area contributed by atoms with Gasteiger partial charge in [0.15, 0.2) is 5.76 Å². The number of anilines is 1. The quantitative estimate of drug-likeness (QED) is 0.464. The van der Waals surface area contributed by atoms with Crippen molar-refractivity contribution < 1.29 is 27.7 Å². The molecule has 12 heteroatoms. The molecule has 0 aliphatic rings. The minimum absolute atomic E-state index is 0.0271. The van der Waals surface area contributed by atoms with Gasteiger partial charge in [-0.3, -0.25) is 19.6 Å². The van der Waals surface area contributed by atoms with Gasteiger partial charge in [-0.15, -0.1) is 0 Å². The summed E-state index contributed by atoms with van der Waals surface area (Å²) in [5, 5.41) is 16.9. The van der Waals surface area contributed by atoms with E-state index in [-0.39, 0.29) is 34.5 Å². The Morgan fingerprint density at radius 1 is 1.39 bits per heavy atom. The molecule has 1 aromatic carbocycles. The molecule has 1 N–H and O–H groups in total. The van der Waals surface area contributed by atoms with E-state index in [9.17, 15) is 23.7 Å². The maximum Gasteiger partial charge on any atom is 0.387 e. The number of halogens is 3. The molecule has 3 aromatic rings. The van der Waals surface area contributed by atoms with Crippen LogP contribution in [0.3, 0.4) is 0 Å². The van der Waals surface area contributed by atoms with Gasteiger partial charge in [-0.1, -0.05) is 11.6 Å². The van der Waals surface area contributed by atoms with E-state index in [1.165, 1.54) is 41.2 Å². The highest BCUT2D eigenvalue weighted by Gasteiger charge is 2.15. The molecule has 9 nitrogen and oxygen atoms in total. The molecule has 0 aliphatic carbocycles. The zero-order valence-corrected chi connectivity index (χ0v) is 14.6. The van der Waals surface area contributed by atoms with Gasteiger partial charge < -0.3 is 14.5 Å². The van der Waals surface area contributed by atoms with Crippen molar-refractivity contribution in [1.82, 2.24) is 9.78 Å². The highest BCUT2D eigenvalue weighted by molar-refractivity contribution is 6.32. The molecular formula is C16H11ClF2N4O5. The third-order valence-corrected chi connectivity index (χ3v) is 3.73. The molecule has 0 saturated heterocycles. The lowest BCUT2D eigenvalue weighted by atomic mass is 10.3. The number of aromatic nitrogens is 2. The van der Waals surface area contributed by atoms with Gasteiger partial charge in [0.1, 0.15) is 23.9 Å². The lowest BCUT2D eigenvalue weighted by Gasteiger charge is -2.09. The second kappa shape index (κ2) is 8.05. The van der Waals surface area contributed by atoms with E-state index in [1.807, 2.05) is 0 Å². The first kappa shape index (κ1) is 19.3. The minimum Gasteiger partial charge on any atom is -0.454 e. The van der Waals surface area contributed by atoms with E-state index >= 15 is 0 Å². The first-order valence-electron chi connectivity index (χ1n) is 7.63. The number of carbonyl (C=O) groups is 1. The number of amides is 1. The summed E-state index contributed by atoms with van der Waals surface area (Å²) in [7, 11) is 0. The number of benzene rings is 1.